The summed E-state index contributed by atoms with van der Waals surface area (Å²) in [4.78, 5) is 28.4. The SMILES string of the molecule is Cc1ccc(S(=O)(=O)N2CCCCC2)cc1NC(=O)c1ccccc1SCC(=O)N1CCCC1. The Morgan fingerprint density at radius 2 is 1.62 bits per heavy atom. The highest BCUT2D eigenvalue weighted by atomic mass is 32.2. The fourth-order valence-electron chi connectivity index (χ4n) is 4.32. The Bertz CT molecular complexity index is 1150. The lowest BCUT2D eigenvalue weighted by molar-refractivity contribution is -0.127. The summed E-state index contributed by atoms with van der Waals surface area (Å²) >= 11 is 1.36. The number of aryl methyl sites for hydroxylation is 1. The predicted octanol–water partition coefficient (Wildman–Crippen LogP) is 4.14. The predicted molar refractivity (Wildman–Crippen MR) is 135 cm³/mol. The van der Waals surface area contributed by atoms with Crippen molar-refractivity contribution in [3.63, 3.8) is 0 Å². The normalized spacial score (nSPS) is 17.0. The monoisotopic (exact) mass is 501 g/mol. The molecule has 0 bridgehead atoms. The highest BCUT2D eigenvalue weighted by molar-refractivity contribution is 8.00. The molecule has 9 heteroatoms. The zero-order valence-corrected chi connectivity index (χ0v) is 21.1. The molecule has 2 aliphatic heterocycles. The summed E-state index contributed by atoms with van der Waals surface area (Å²) in [6.07, 6.45) is 4.86. The van der Waals surface area contributed by atoms with Crippen LogP contribution in [0.25, 0.3) is 0 Å². The van der Waals surface area contributed by atoms with Gasteiger partial charge in [-0.3, -0.25) is 9.59 Å². The van der Waals surface area contributed by atoms with E-state index in [9.17, 15) is 18.0 Å². The van der Waals surface area contributed by atoms with Gasteiger partial charge < -0.3 is 10.2 Å². The number of benzene rings is 2. The number of piperidine rings is 1. The Kier molecular flexibility index (Phi) is 7.95. The Hall–Kier alpha value is -2.36. The second-order valence-corrected chi connectivity index (χ2v) is 11.7. The fraction of sp³-hybridized carbons (Fsp3) is 0.440. The van der Waals surface area contributed by atoms with Crippen LogP contribution in [0.3, 0.4) is 0 Å². The summed E-state index contributed by atoms with van der Waals surface area (Å²) in [7, 11) is -3.60. The van der Waals surface area contributed by atoms with Crippen LogP contribution in [-0.2, 0) is 14.8 Å². The Balaban J connectivity index is 1.49. The summed E-state index contributed by atoms with van der Waals surface area (Å²) in [5.74, 6) is 0.0453. The van der Waals surface area contributed by atoms with Gasteiger partial charge in [0.15, 0.2) is 0 Å². The van der Waals surface area contributed by atoms with Crippen molar-refractivity contribution >= 4 is 39.3 Å². The molecule has 2 aromatic carbocycles. The molecule has 2 heterocycles. The summed E-state index contributed by atoms with van der Waals surface area (Å²) in [5, 5.41) is 2.89. The number of hydrogen-bond acceptors (Lipinski definition) is 5. The van der Waals surface area contributed by atoms with Gasteiger partial charge in [-0.15, -0.1) is 11.8 Å². The number of sulfonamides is 1. The van der Waals surface area contributed by atoms with Crippen molar-refractivity contribution in [3.05, 3.63) is 53.6 Å². The van der Waals surface area contributed by atoms with Crippen LogP contribution >= 0.6 is 11.8 Å². The molecule has 0 unspecified atom stereocenters. The lowest BCUT2D eigenvalue weighted by Gasteiger charge is -2.26. The quantitative estimate of drug-likeness (QED) is 0.577. The molecule has 1 N–H and O–H groups in total. The first-order valence-electron chi connectivity index (χ1n) is 11.8. The van der Waals surface area contributed by atoms with Crippen molar-refractivity contribution in [3.8, 4) is 0 Å². The molecule has 0 saturated carbocycles. The number of rotatable bonds is 7. The van der Waals surface area contributed by atoms with Gasteiger partial charge >= 0.3 is 0 Å². The van der Waals surface area contributed by atoms with Crippen molar-refractivity contribution in [2.75, 3.05) is 37.2 Å². The van der Waals surface area contributed by atoms with Gasteiger partial charge in [-0.25, -0.2) is 8.42 Å². The molecule has 2 saturated heterocycles. The number of thioether (sulfide) groups is 1. The average molecular weight is 502 g/mol. The number of likely N-dealkylation sites (tertiary alicyclic amines) is 1. The van der Waals surface area contributed by atoms with Crippen LogP contribution in [0.1, 0.15) is 48.0 Å². The number of carbonyl (C=O) groups excluding carboxylic acids is 2. The van der Waals surface area contributed by atoms with Gasteiger partial charge in [-0.2, -0.15) is 4.31 Å². The van der Waals surface area contributed by atoms with E-state index in [0.717, 1.165) is 55.7 Å². The first-order valence-corrected chi connectivity index (χ1v) is 14.2. The van der Waals surface area contributed by atoms with E-state index in [1.54, 1.807) is 30.3 Å². The van der Waals surface area contributed by atoms with Crippen molar-refractivity contribution in [2.24, 2.45) is 0 Å². The summed E-state index contributed by atoms with van der Waals surface area (Å²) < 4.78 is 27.7. The lowest BCUT2D eigenvalue weighted by Crippen LogP contribution is -2.35. The van der Waals surface area contributed by atoms with Crippen LogP contribution in [0.5, 0.6) is 0 Å². The molecular weight excluding hydrogens is 470 g/mol. The zero-order chi connectivity index (χ0) is 24.1. The van der Waals surface area contributed by atoms with E-state index in [0.29, 0.717) is 24.3 Å². The maximum atomic E-state index is 13.2. The minimum Gasteiger partial charge on any atom is -0.342 e. The first kappa shape index (κ1) is 24.8. The van der Waals surface area contributed by atoms with E-state index in [2.05, 4.69) is 5.32 Å². The van der Waals surface area contributed by atoms with Gasteiger partial charge in [0, 0.05) is 36.8 Å². The second-order valence-electron chi connectivity index (χ2n) is 8.77. The van der Waals surface area contributed by atoms with Crippen LogP contribution in [-0.4, -0.2) is 61.4 Å². The molecular formula is C25H31N3O4S2. The third-order valence-electron chi connectivity index (χ3n) is 6.35. The molecule has 2 amide bonds. The molecule has 2 fully saturated rings. The van der Waals surface area contributed by atoms with E-state index in [1.165, 1.54) is 16.1 Å². The van der Waals surface area contributed by atoms with Crippen LogP contribution < -0.4 is 5.32 Å². The van der Waals surface area contributed by atoms with Gasteiger partial charge in [-0.1, -0.05) is 24.6 Å². The molecule has 0 radical (unpaired) electrons. The molecule has 4 rings (SSSR count). The summed E-state index contributed by atoms with van der Waals surface area (Å²) in [6, 6.07) is 12.1. The van der Waals surface area contributed by atoms with Crippen LogP contribution in [0.2, 0.25) is 0 Å². The van der Waals surface area contributed by atoms with E-state index in [1.807, 2.05) is 24.0 Å². The maximum absolute atomic E-state index is 13.2. The van der Waals surface area contributed by atoms with Crippen molar-refractivity contribution in [2.45, 2.75) is 48.8 Å². The molecule has 0 spiro atoms. The van der Waals surface area contributed by atoms with Gasteiger partial charge in [0.25, 0.3) is 5.91 Å². The standard InChI is InChI=1S/C25H31N3O4S2/c1-19-11-12-20(34(31,32)28-15-5-2-6-16-28)17-22(19)26-25(30)21-9-3-4-10-23(21)33-18-24(29)27-13-7-8-14-27/h3-4,9-12,17H,2,5-8,13-16,18H2,1H3,(H,26,30). The van der Waals surface area contributed by atoms with Crippen LogP contribution in [0, 0.1) is 6.92 Å². The van der Waals surface area contributed by atoms with Crippen molar-refractivity contribution in [1.82, 2.24) is 9.21 Å². The van der Waals surface area contributed by atoms with Gasteiger partial charge in [0.1, 0.15) is 0 Å². The molecule has 7 nitrogen and oxygen atoms in total. The highest BCUT2D eigenvalue weighted by Gasteiger charge is 2.27. The molecule has 0 aromatic heterocycles. The molecule has 2 aromatic rings. The number of hydrogen-bond donors (Lipinski definition) is 1. The Morgan fingerprint density at radius 1 is 0.941 bits per heavy atom. The smallest absolute Gasteiger partial charge is 0.256 e. The molecule has 0 aliphatic carbocycles. The van der Waals surface area contributed by atoms with Crippen LogP contribution in [0.4, 0.5) is 5.69 Å². The molecule has 0 atom stereocenters. The summed E-state index contributed by atoms with van der Waals surface area (Å²) in [6.45, 7) is 4.49. The Morgan fingerprint density at radius 3 is 2.35 bits per heavy atom. The number of amides is 2. The highest BCUT2D eigenvalue weighted by Crippen LogP contribution is 2.28. The Labute approximate surface area is 205 Å². The third kappa shape index (κ3) is 5.64. The molecule has 182 valence electrons. The largest absolute Gasteiger partial charge is 0.342 e. The third-order valence-corrected chi connectivity index (χ3v) is 9.30. The minimum absolute atomic E-state index is 0.0872. The number of carbonyl (C=O) groups is 2. The second kappa shape index (κ2) is 10.9. The van der Waals surface area contributed by atoms with E-state index >= 15 is 0 Å². The topological polar surface area (TPSA) is 86.8 Å². The lowest BCUT2D eigenvalue weighted by atomic mass is 10.1. The minimum atomic E-state index is -3.60. The maximum Gasteiger partial charge on any atom is 0.256 e. The van der Waals surface area contributed by atoms with E-state index in [-0.39, 0.29) is 22.5 Å². The summed E-state index contributed by atoms with van der Waals surface area (Å²) in [5.41, 5.74) is 1.71. The van der Waals surface area contributed by atoms with E-state index in [4.69, 9.17) is 0 Å². The average Bonchev–Trinajstić information content (AvgIpc) is 3.40. The first-order chi connectivity index (χ1) is 16.4. The van der Waals surface area contributed by atoms with Crippen molar-refractivity contribution in [1.29, 1.82) is 0 Å². The van der Waals surface area contributed by atoms with Gasteiger partial charge in [-0.05, 0) is 62.4 Å². The number of anilines is 1. The van der Waals surface area contributed by atoms with Gasteiger partial charge in [0.2, 0.25) is 15.9 Å². The fourth-order valence-corrected chi connectivity index (χ4v) is 6.81. The molecule has 34 heavy (non-hydrogen) atoms. The number of nitrogens with zero attached hydrogens (tertiary/aromatic N) is 2. The van der Waals surface area contributed by atoms with Crippen LogP contribution in [0.15, 0.2) is 52.3 Å². The van der Waals surface area contributed by atoms with Gasteiger partial charge in [0.05, 0.1) is 16.2 Å². The van der Waals surface area contributed by atoms with Crippen molar-refractivity contribution < 1.29 is 18.0 Å². The molecule has 2 aliphatic rings. The number of nitrogens with one attached hydrogen (secondary N) is 1. The van der Waals surface area contributed by atoms with E-state index < -0.39 is 10.0 Å². The zero-order valence-electron chi connectivity index (χ0n) is 19.5.